The van der Waals surface area contributed by atoms with Gasteiger partial charge in [0.15, 0.2) is 4.90 Å². The molecule has 5 radical (unpaired) electrons. The van der Waals surface area contributed by atoms with Crippen molar-refractivity contribution in [3.63, 3.8) is 0 Å². The summed E-state index contributed by atoms with van der Waals surface area (Å²) in [7, 11) is 6.60. The number of Topliss-reactive ketones (excluding diaryl/α,β-unsaturated/α-hetero) is 3. The fraction of sp³-hybridized carbons (Fsp3) is 0.224. The third kappa shape index (κ3) is 30.1. The van der Waals surface area contributed by atoms with E-state index >= 15 is 0 Å². The predicted molar refractivity (Wildman–Crippen MR) is 318 cm³/mol. The zero-order valence-corrected chi connectivity index (χ0v) is 116. The van der Waals surface area contributed by atoms with Gasteiger partial charge in [-0.2, -0.15) is 20.8 Å². The summed E-state index contributed by atoms with van der Waals surface area (Å²) < 4.78 is 12.1. The van der Waals surface area contributed by atoms with Gasteiger partial charge in [0.25, 0.3) is 0 Å². The number of rotatable bonds is 5. The third-order valence-corrected chi connectivity index (χ3v) is 19.0. The number of furan rings is 2. The molecule has 102 heavy (non-hydrogen) atoms. The standard InChI is InChI=1S/2C13H13N2OS.C12H11N2OS.2C10H8N3O2S.15W.5Y/c1-7-6-10-11(17-7)5-3-4-9-12(8(2)16)14-15-13(9)10;1-7-6-9-4-3-5-10-11(8(2)16)14-15-12(10)13(9)17-7;1-6-5-9-10(16-6)4-3-8-11(7(2)15)13-14-12(8)9;1-4-3-5-9(16-4)6-8(15-5)7(13-12-6)10(14)11-2;1-4-3-5-6-8(15-10(5)16-4)7(13-12-6)9(14)11-2;;;;;;;;;;;;;;;;;;;;/h2*6H,2-5H2,1H3,(H,14,15,16);5H,2-4H2,1H3,(H,13,14,15);2*3H,2H2,1H3,(H2,11,12,13,14);;;;;;;;;;;;;;;;;;;;/q5*-1;;;;;;;;;;;;;;;;;;;;/p-5. The first kappa shape index (κ1) is 130. The molecular formula is C58H48N12O7S5W15Y5-10. The number of hydrogen-bond donors (Lipinski definition) is 2. The number of fused-ring (bicyclic) bond motifs is 15. The molecule has 0 aromatic carbocycles. The second kappa shape index (κ2) is 60.1. The van der Waals surface area contributed by atoms with Crippen LogP contribution in [0.2, 0.25) is 0 Å². The maximum atomic E-state index is 11.4. The van der Waals surface area contributed by atoms with E-state index in [-0.39, 0.29) is 520 Å². The average Bonchev–Trinajstić information content (AvgIpc) is 1.63. The Labute approximate surface area is 951 Å². The number of carbonyl (C=O) groups is 5. The van der Waals surface area contributed by atoms with Gasteiger partial charge in [0.1, 0.15) is 28.1 Å². The van der Waals surface area contributed by atoms with E-state index in [0.29, 0.717) is 39.3 Å². The van der Waals surface area contributed by atoms with Gasteiger partial charge in [0.2, 0.25) is 11.8 Å². The molecule has 15 rings (SSSR count). The second-order valence-corrected chi connectivity index (χ2v) is 25.9. The maximum absolute atomic E-state index is 11.4. The van der Waals surface area contributed by atoms with Crippen LogP contribution in [0.3, 0.4) is 0 Å². The molecule has 527 valence electrons. The van der Waals surface area contributed by atoms with Crippen LogP contribution in [0.15, 0.2) is 39.2 Å². The zero-order valence-electron chi connectivity index (χ0n) is 54.0. The summed E-state index contributed by atoms with van der Waals surface area (Å²) in [5.41, 5.74) is 13.9. The van der Waals surface area contributed by atoms with Crippen molar-refractivity contribution in [1.29, 1.82) is 0 Å². The number of amides is 2. The molecule has 0 atom stereocenters. The molecule has 0 saturated heterocycles. The Morgan fingerprint density at radius 2 is 0.794 bits per heavy atom. The first-order chi connectivity index (χ1) is 39.4. The fourth-order valence-corrected chi connectivity index (χ4v) is 15.2. The number of nitrogens with zero attached hydrogens (tertiary/aromatic N) is 10. The normalized spacial score (nSPS) is 10.3. The number of aromatic nitrogens is 10. The van der Waals surface area contributed by atoms with E-state index in [2.05, 4.69) is 135 Å². The minimum atomic E-state index is -0.388. The molecule has 0 bridgehead atoms. The van der Waals surface area contributed by atoms with Gasteiger partial charge in [0, 0.05) is 541 Å². The van der Waals surface area contributed by atoms with Crippen LogP contribution in [0.25, 0.3) is 75.9 Å². The van der Waals surface area contributed by atoms with Crippen molar-refractivity contribution in [2.45, 2.75) is 86.0 Å². The van der Waals surface area contributed by atoms with Crippen LogP contribution in [0.4, 0.5) is 0 Å². The Kier molecular flexibility index (Phi) is 76.7. The summed E-state index contributed by atoms with van der Waals surface area (Å²) in [6.07, 6.45) is 7.80. The minimum Gasteiger partial charge on any atom is -0.595 e. The summed E-state index contributed by atoms with van der Waals surface area (Å²) in [6.45, 7) is 20.6. The number of aryl methyl sites for hydroxylation is 8. The van der Waals surface area contributed by atoms with Gasteiger partial charge in [-0.3, -0.25) is 23.7 Å². The molecule has 12 aromatic heterocycles. The van der Waals surface area contributed by atoms with E-state index in [1.165, 1.54) is 51.7 Å². The number of hydrogen-bond acceptors (Lipinski definition) is 17. The number of nitrogens with one attached hydrogen (secondary N) is 2. The number of ketones is 3. The Morgan fingerprint density at radius 3 is 1.26 bits per heavy atom. The molecule has 2 N–H and O–H groups in total. The van der Waals surface area contributed by atoms with Crippen LogP contribution in [-0.4, -0.2) is 54.7 Å². The van der Waals surface area contributed by atoms with Crippen molar-refractivity contribution in [1.82, 2.24) is 61.6 Å². The van der Waals surface area contributed by atoms with Crippen molar-refractivity contribution < 1.29 is 512 Å². The van der Waals surface area contributed by atoms with Gasteiger partial charge in [0.05, 0.1) is 4.70 Å². The smallest absolute Gasteiger partial charge is 0.242 e. The monoisotopic (exact) mass is 4390 g/mol. The van der Waals surface area contributed by atoms with Gasteiger partial charge in [-0.15, -0.1) is 90.5 Å². The molecular weight excluding hydrogens is 4340 g/mol. The molecule has 44 heteroatoms. The Bertz CT molecular complexity index is 4310. The molecule has 12 aromatic rings. The number of carbonyl (C=O) groups excluding carboxylic acids is 5. The quantitative estimate of drug-likeness (QED) is 0.120. The molecule has 0 fully saturated rings. The second-order valence-electron chi connectivity index (χ2n) is 19.5. The fourth-order valence-electron chi connectivity index (χ4n) is 10.2. The molecule has 0 spiro atoms. The largest absolute Gasteiger partial charge is 0.595 e. The van der Waals surface area contributed by atoms with Crippen LogP contribution >= 0.6 is 56.7 Å². The van der Waals surface area contributed by atoms with Crippen molar-refractivity contribution >= 4 is 129 Å². The predicted octanol–water partition coefficient (Wildman–Crippen LogP) is 11.0. The van der Waals surface area contributed by atoms with Gasteiger partial charge in [-0.05, 0) is 133 Å². The summed E-state index contributed by atoms with van der Waals surface area (Å²) in [5, 5.41) is 45.4. The van der Waals surface area contributed by atoms with E-state index in [1.807, 2.05) is 37.3 Å². The SMILES string of the molecule is [CH2-]C(=O)c1n[n-]c2c1CCCc1cc(C)sc1-2.[CH2-]C(=O)c1n[n-]c2c1CCCc1sc(C)cc1-2.[CH2-]C(=O)c1n[n-]c2c1CCc1sc(C)cc1-2.[CH2-]NC(=O)c1n[n-]c2c1oc1cc(C)sc12.[CH2-]NC(=O)c1n[n-]c2c1oc1sc(C)cc12.[W].[W].[W].[W].[W].[W].[W].[W].[W].[W].[W].[W].[W].[W].[W].[Y].[Y].[Y].[Y].[Y]. The van der Waals surface area contributed by atoms with Crippen molar-refractivity contribution in [3.8, 4) is 33.1 Å². The Balaban J connectivity index is -0.000000124. The average molecular weight is 4390 g/mol. The Morgan fingerprint density at radius 1 is 0.412 bits per heavy atom. The first-order valence-electron chi connectivity index (χ1n) is 25.6. The topological polar surface area (TPSA) is 271 Å². The van der Waals surface area contributed by atoms with Crippen molar-refractivity contribution in [3.05, 3.63) is 150 Å². The summed E-state index contributed by atoms with van der Waals surface area (Å²) in [4.78, 5) is 67.7. The zero-order chi connectivity index (χ0) is 57.8. The van der Waals surface area contributed by atoms with Crippen LogP contribution < -0.4 is 36.1 Å². The van der Waals surface area contributed by atoms with Gasteiger partial charge in [-0.1, -0.05) is 28.1 Å². The molecule has 2 amide bonds. The van der Waals surface area contributed by atoms with E-state index < -0.39 is 0 Å². The molecule has 3 aliphatic rings. The molecule has 12 heterocycles. The summed E-state index contributed by atoms with van der Waals surface area (Å²) >= 11 is 8.46. The van der Waals surface area contributed by atoms with Gasteiger partial charge in [-0.25, -0.2) is 0 Å². The molecule has 3 aliphatic carbocycles. The molecule has 0 aliphatic heterocycles. The molecule has 0 saturated carbocycles. The summed E-state index contributed by atoms with van der Waals surface area (Å²) in [6, 6.07) is 10.4. The van der Waals surface area contributed by atoms with E-state index in [1.54, 1.807) is 34.0 Å². The van der Waals surface area contributed by atoms with E-state index in [0.717, 1.165) is 121 Å². The third-order valence-electron chi connectivity index (χ3n) is 13.7. The van der Waals surface area contributed by atoms with Gasteiger partial charge < -0.3 is 84.8 Å². The minimum absolute atomic E-state index is 0. The van der Waals surface area contributed by atoms with E-state index in [9.17, 15) is 24.0 Å². The maximum Gasteiger partial charge on any atom is 0.242 e. The summed E-state index contributed by atoms with van der Waals surface area (Å²) in [5.74, 6) is -1.46. The van der Waals surface area contributed by atoms with Crippen molar-refractivity contribution in [2.24, 2.45) is 0 Å². The van der Waals surface area contributed by atoms with Crippen LogP contribution in [0.1, 0.15) is 122 Å². The first-order valence-corrected chi connectivity index (χ1v) is 29.7. The molecule has 19 nitrogen and oxygen atoms in total. The van der Waals surface area contributed by atoms with Crippen LogP contribution in [0, 0.1) is 69.5 Å². The Hall–Kier alpha value is 7.55. The van der Waals surface area contributed by atoms with Crippen LogP contribution in [-0.2, 0) is 518 Å². The van der Waals surface area contributed by atoms with Gasteiger partial charge >= 0.3 is 0 Å². The van der Waals surface area contributed by atoms with E-state index in [4.69, 9.17) is 8.83 Å². The van der Waals surface area contributed by atoms with Crippen LogP contribution in [0.5, 0.6) is 0 Å². The number of thiophene rings is 5. The van der Waals surface area contributed by atoms with Crippen molar-refractivity contribution in [2.75, 3.05) is 0 Å². The molecule has 0 unspecified atom stereocenters.